The van der Waals surface area contributed by atoms with Gasteiger partial charge in [0, 0.05) is 11.6 Å². The fraction of sp³-hybridized carbons (Fsp3) is 0. The van der Waals surface area contributed by atoms with Gasteiger partial charge in [-0.15, -0.1) is 0 Å². The van der Waals surface area contributed by atoms with Crippen molar-refractivity contribution in [3.8, 4) is 17.5 Å². The summed E-state index contributed by atoms with van der Waals surface area (Å²) >= 11 is 0. The van der Waals surface area contributed by atoms with E-state index in [9.17, 15) is 8.78 Å². The van der Waals surface area contributed by atoms with Crippen molar-refractivity contribution in [3.05, 3.63) is 53.6 Å². The first-order valence-corrected chi connectivity index (χ1v) is 5.52. The number of nitrogens with one attached hydrogen (secondary N) is 1. The first-order chi connectivity index (χ1) is 9.15. The number of imidazole rings is 1. The van der Waals surface area contributed by atoms with Crippen molar-refractivity contribution in [2.45, 2.75) is 0 Å². The second kappa shape index (κ2) is 4.18. The molecule has 3 aromatic rings. The van der Waals surface area contributed by atoms with E-state index in [0.29, 0.717) is 28.0 Å². The molecule has 0 aliphatic carbocycles. The molecule has 2 aromatic carbocycles. The van der Waals surface area contributed by atoms with Gasteiger partial charge in [0.25, 0.3) is 0 Å². The van der Waals surface area contributed by atoms with E-state index in [1.54, 1.807) is 18.2 Å². The minimum Gasteiger partial charge on any atom is -0.338 e. The Labute approximate surface area is 107 Å². The Bertz CT molecular complexity index is 795. The quantitative estimate of drug-likeness (QED) is 0.724. The Morgan fingerprint density at radius 3 is 2.47 bits per heavy atom. The summed E-state index contributed by atoms with van der Waals surface area (Å²) in [5, 5.41) is 8.81. The molecule has 1 heterocycles. The fourth-order valence-corrected chi connectivity index (χ4v) is 1.91. The molecule has 92 valence electrons. The second-order valence-corrected chi connectivity index (χ2v) is 4.09. The molecule has 0 atom stereocenters. The van der Waals surface area contributed by atoms with Gasteiger partial charge >= 0.3 is 0 Å². The molecule has 0 bridgehead atoms. The van der Waals surface area contributed by atoms with E-state index in [2.05, 4.69) is 9.97 Å². The number of hydrogen-bond acceptors (Lipinski definition) is 2. The van der Waals surface area contributed by atoms with Gasteiger partial charge in [0.2, 0.25) is 0 Å². The van der Waals surface area contributed by atoms with Gasteiger partial charge in [-0.3, -0.25) is 0 Å². The molecule has 0 saturated heterocycles. The molecule has 19 heavy (non-hydrogen) atoms. The molecule has 1 aromatic heterocycles. The average Bonchev–Trinajstić information content (AvgIpc) is 2.80. The average molecular weight is 255 g/mol. The lowest BCUT2D eigenvalue weighted by Crippen LogP contribution is -1.85. The summed E-state index contributed by atoms with van der Waals surface area (Å²) in [4.78, 5) is 7.19. The molecule has 0 amide bonds. The third-order valence-corrected chi connectivity index (χ3v) is 2.75. The highest BCUT2D eigenvalue weighted by molar-refractivity contribution is 5.80. The topological polar surface area (TPSA) is 52.5 Å². The van der Waals surface area contributed by atoms with Crippen LogP contribution in [0.15, 0.2) is 36.4 Å². The lowest BCUT2D eigenvalue weighted by Gasteiger charge is -1.97. The molecule has 3 nitrogen and oxygen atoms in total. The molecule has 1 N–H and O–H groups in total. The molecule has 0 radical (unpaired) electrons. The molecule has 0 aliphatic heterocycles. The second-order valence-electron chi connectivity index (χ2n) is 4.09. The smallest absolute Gasteiger partial charge is 0.138 e. The van der Waals surface area contributed by atoms with E-state index in [1.807, 2.05) is 6.07 Å². The first kappa shape index (κ1) is 11.4. The Morgan fingerprint density at radius 1 is 1.05 bits per heavy atom. The predicted octanol–water partition coefficient (Wildman–Crippen LogP) is 3.38. The largest absolute Gasteiger partial charge is 0.338 e. The Balaban J connectivity index is 2.18. The number of nitrogens with zero attached hydrogens (tertiary/aromatic N) is 2. The van der Waals surface area contributed by atoms with Gasteiger partial charge in [-0.05, 0) is 30.3 Å². The number of H-pyrrole nitrogens is 1. The van der Waals surface area contributed by atoms with Gasteiger partial charge in [-0.25, -0.2) is 13.8 Å². The van der Waals surface area contributed by atoms with E-state index in [1.165, 1.54) is 12.1 Å². The van der Waals surface area contributed by atoms with Gasteiger partial charge in [0.1, 0.15) is 17.5 Å². The van der Waals surface area contributed by atoms with Crippen molar-refractivity contribution in [2.24, 2.45) is 0 Å². The van der Waals surface area contributed by atoms with E-state index < -0.39 is 11.6 Å². The first-order valence-electron chi connectivity index (χ1n) is 5.52. The zero-order valence-corrected chi connectivity index (χ0v) is 9.61. The Morgan fingerprint density at radius 2 is 1.79 bits per heavy atom. The summed E-state index contributed by atoms with van der Waals surface area (Å²) in [6, 6.07) is 10.2. The van der Waals surface area contributed by atoms with Crippen molar-refractivity contribution in [1.29, 1.82) is 5.26 Å². The van der Waals surface area contributed by atoms with Crippen molar-refractivity contribution in [3.63, 3.8) is 0 Å². The van der Waals surface area contributed by atoms with Crippen LogP contribution in [0.2, 0.25) is 0 Å². The van der Waals surface area contributed by atoms with Crippen LogP contribution >= 0.6 is 0 Å². The van der Waals surface area contributed by atoms with Crippen LogP contribution in [0.5, 0.6) is 0 Å². The summed E-state index contributed by atoms with van der Waals surface area (Å²) < 4.78 is 26.3. The number of rotatable bonds is 1. The van der Waals surface area contributed by atoms with Crippen LogP contribution < -0.4 is 0 Å². The van der Waals surface area contributed by atoms with Crippen LogP contribution in [0.1, 0.15) is 5.56 Å². The predicted molar refractivity (Wildman–Crippen MR) is 66.2 cm³/mol. The molecule has 0 saturated carbocycles. The van der Waals surface area contributed by atoms with E-state index in [0.717, 1.165) is 6.07 Å². The molecular weight excluding hydrogens is 248 g/mol. The van der Waals surface area contributed by atoms with E-state index in [-0.39, 0.29) is 0 Å². The summed E-state index contributed by atoms with van der Waals surface area (Å²) in [5.74, 6) is -0.954. The zero-order chi connectivity index (χ0) is 13.4. The third-order valence-electron chi connectivity index (χ3n) is 2.75. The minimum absolute atomic E-state index is 0.326. The molecule has 0 aliphatic rings. The summed E-state index contributed by atoms with van der Waals surface area (Å²) in [6.45, 7) is 0. The summed E-state index contributed by atoms with van der Waals surface area (Å²) in [6.07, 6.45) is 0. The van der Waals surface area contributed by atoms with E-state index >= 15 is 0 Å². The van der Waals surface area contributed by atoms with Crippen LogP contribution in [0.25, 0.3) is 22.4 Å². The van der Waals surface area contributed by atoms with E-state index in [4.69, 9.17) is 5.26 Å². The standard InChI is InChI=1S/C14H7F2N3/c15-10-4-9(5-11(16)6-10)14-18-12-2-1-8(7-17)3-13(12)19-14/h1-6H,(H,18,19). The molecule has 0 fully saturated rings. The minimum atomic E-state index is -0.659. The molecule has 5 heteroatoms. The monoisotopic (exact) mass is 255 g/mol. The summed E-state index contributed by atoms with van der Waals surface area (Å²) in [5.41, 5.74) is 2.11. The van der Waals surface area contributed by atoms with Crippen molar-refractivity contribution in [1.82, 2.24) is 9.97 Å². The number of aromatic nitrogens is 2. The lowest BCUT2D eigenvalue weighted by molar-refractivity contribution is 0.584. The maximum Gasteiger partial charge on any atom is 0.138 e. The fourth-order valence-electron chi connectivity index (χ4n) is 1.91. The Hall–Kier alpha value is -2.74. The molecule has 0 spiro atoms. The van der Waals surface area contributed by atoms with Crippen molar-refractivity contribution < 1.29 is 8.78 Å². The lowest BCUT2D eigenvalue weighted by atomic mass is 10.2. The van der Waals surface area contributed by atoms with Crippen molar-refractivity contribution >= 4 is 11.0 Å². The van der Waals surface area contributed by atoms with Gasteiger partial charge in [0.15, 0.2) is 0 Å². The van der Waals surface area contributed by atoms with Crippen LogP contribution in [0, 0.1) is 23.0 Å². The molecule has 3 rings (SSSR count). The maximum atomic E-state index is 13.2. The highest BCUT2D eigenvalue weighted by Gasteiger charge is 2.08. The third kappa shape index (κ3) is 2.04. The van der Waals surface area contributed by atoms with Crippen LogP contribution in [0.4, 0.5) is 8.78 Å². The number of halogens is 2. The van der Waals surface area contributed by atoms with Gasteiger partial charge in [-0.1, -0.05) is 0 Å². The Kier molecular flexibility index (Phi) is 2.50. The number of aromatic amines is 1. The van der Waals surface area contributed by atoms with Gasteiger partial charge < -0.3 is 4.98 Å². The zero-order valence-electron chi connectivity index (χ0n) is 9.61. The molecule has 0 unspecified atom stereocenters. The SMILES string of the molecule is N#Cc1ccc2nc(-c3cc(F)cc(F)c3)[nH]c2c1. The highest BCUT2D eigenvalue weighted by atomic mass is 19.1. The van der Waals surface area contributed by atoms with Crippen LogP contribution in [-0.2, 0) is 0 Å². The normalized spacial score (nSPS) is 10.6. The highest BCUT2D eigenvalue weighted by Crippen LogP contribution is 2.22. The summed E-state index contributed by atoms with van der Waals surface area (Å²) in [7, 11) is 0. The molecular formula is C14H7F2N3. The number of fused-ring (bicyclic) bond motifs is 1. The number of nitriles is 1. The van der Waals surface area contributed by atoms with Gasteiger partial charge in [0.05, 0.1) is 22.7 Å². The van der Waals surface area contributed by atoms with Crippen LogP contribution in [-0.4, -0.2) is 9.97 Å². The van der Waals surface area contributed by atoms with Crippen LogP contribution in [0.3, 0.4) is 0 Å². The van der Waals surface area contributed by atoms with Gasteiger partial charge in [-0.2, -0.15) is 5.26 Å². The maximum absolute atomic E-state index is 13.2. The number of hydrogen-bond donors (Lipinski definition) is 1. The van der Waals surface area contributed by atoms with Crippen molar-refractivity contribution in [2.75, 3.05) is 0 Å². The number of benzene rings is 2.